The molecule has 0 saturated carbocycles. The highest BCUT2D eigenvalue weighted by Gasteiger charge is 1.95. The Bertz CT molecular complexity index is 405. The molecular formula is C11H18N4O3. The van der Waals surface area contributed by atoms with Crippen molar-refractivity contribution in [3.8, 4) is 5.75 Å². The largest absolute Gasteiger partial charge is 0.504 e. The zero-order chi connectivity index (χ0) is 14.1. The maximum atomic E-state index is 9.62. The van der Waals surface area contributed by atoms with E-state index in [0.717, 1.165) is 4.90 Å². The first kappa shape index (κ1) is 15.7. The Balaban J connectivity index is 0.000000411. The van der Waals surface area contributed by atoms with E-state index in [4.69, 9.17) is 5.11 Å². The normalized spacial score (nSPS) is 9.56. The summed E-state index contributed by atoms with van der Waals surface area (Å²) in [5, 5.41) is 17.1. The SMILES string of the molecule is CN(C)/C=N/c1ccncc1O.CN(C)C(=O)O. The number of hydrogen-bond donors (Lipinski definition) is 2. The van der Waals surface area contributed by atoms with E-state index in [1.807, 2.05) is 14.1 Å². The van der Waals surface area contributed by atoms with E-state index in [1.54, 1.807) is 23.5 Å². The third kappa shape index (κ3) is 7.04. The van der Waals surface area contributed by atoms with Crippen LogP contribution in [0.2, 0.25) is 0 Å². The summed E-state index contributed by atoms with van der Waals surface area (Å²) in [5.41, 5.74) is 0.527. The molecule has 1 aromatic rings. The molecule has 0 atom stereocenters. The average molecular weight is 254 g/mol. The molecule has 1 heterocycles. The van der Waals surface area contributed by atoms with Crippen LogP contribution in [0.15, 0.2) is 23.5 Å². The van der Waals surface area contributed by atoms with Gasteiger partial charge in [0.1, 0.15) is 5.69 Å². The van der Waals surface area contributed by atoms with Gasteiger partial charge < -0.3 is 20.0 Å². The summed E-state index contributed by atoms with van der Waals surface area (Å²) in [6, 6.07) is 1.65. The second-order valence-electron chi connectivity index (χ2n) is 3.75. The van der Waals surface area contributed by atoms with Crippen LogP contribution in [-0.2, 0) is 0 Å². The fraction of sp³-hybridized carbons (Fsp3) is 0.364. The quantitative estimate of drug-likeness (QED) is 0.612. The molecule has 7 nitrogen and oxygen atoms in total. The summed E-state index contributed by atoms with van der Waals surface area (Å²) >= 11 is 0. The number of carboxylic acid groups (broad SMARTS) is 1. The summed E-state index contributed by atoms with van der Waals surface area (Å²) in [6.07, 6.45) is 3.66. The Hall–Kier alpha value is -2.31. The predicted octanol–water partition coefficient (Wildman–Crippen LogP) is 1.23. The Labute approximate surface area is 106 Å². The summed E-state index contributed by atoms with van der Waals surface area (Å²) in [6.45, 7) is 0. The van der Waals surface area contributed by atoms with Crippen molar-refractivity contribution in [2.75, 3.05) is 28.2 Å². The summed E-state index contributed by atoms with van der Waals surface area (Å²) in [5.74, 6) is 0.0931. The molecule has 1 aromatic heterocycles. The van der Waals surface area contributed by atoms with Crippen molar-refractivity contribution in [2.45, 2.75) is 0 Å². The van der Waals surface area contributed by atoms with Gasteiger partial charge >= 0.3 is 6.09 Å². The van der Waals surface area contributed by atoms with Gasteiger partial charge in [-0.1, -0.05) is 0 Å². The maximum Gasteiger partial charge on any atom is 0.406 e. The van der Waals surface area contributed by atoms with Gasteiger partial charge in [0.2, 0.25) is 0 Å². The molecule has 2 N–H and O–H groups in total. The third-order valence-corrected chi connectivity index (χ3v) is 1.59. The lowest BCUT2D eigenvalue weighted by atomic mass is 10.4. The topological polar surface area (TPSA) is 89.3 Å². The van der Waals surface area contributed by atoms with Crippen LogP contribution in [0.1, 0.15) is 0 Å². The third-order valence-electron chi connectivity index (χ3n) is 1.59. The summed E-state index contributed by atoms with van der Waals surface area (Å²) < 4.78 is 0. The Morgan fingerprint density at radius 2 is 1.94 bits per heavy atom. The van der Waals surface area contributed by atoms with Gasteiger partial charge in [-0.25, -0.2) is 9.79 Å². The minimum absolute atomic E-state index is 0.0931. The first-order valence-electron chi connectivity index (χ1n) is 5.08. The monoisotopic (exact) mass is 254 g/mol. The van der Waals surface area contributed by atoms with Crippen molar-refractivity contribution in [1.82, 2.24) is 14.8 Å². The lowest BCUT2D eigenvalue weighted by Crippen LogP contribution is -2.18. The first-order chi connectivity index (χ1) is 8.34. The Morgan fingerprint density at radius 1 is 1.39 bits per heavy atom. The van der Waals surface area contributed by atoms with Gasteiger partial charge in [-0.3, -0.25) is 4.98 Å². The van der Waals surface area contributed by atoms with Crippen LogP contribution in [0.3, 0.4) is 0 Å². The van der Waals surface area contributed by atoms with Gasteiger partial charge in [-0.2, -0.15) is 0 Å². The van der Waals surface area contributed by atoms with Gasteiger partial charge in [0.25, 0.3) is 0 Å². The number of carbonyl (C=O) groups is 1. The number of rotatable bonds is 2. The van der Waals surface area contributed by atoms with Gasteiger partial charge in [0.05, 0.1) is 12.5 Å². The lowest BCUT2D eigenvalue weighted by molar-refractivity contribution is 0.165. The second-order valence-corrected chi connectivity index (χ2v) is 3.75. The van der Waals surface area contributed by atoms with Crippen molar-refractivity contribution in [3.05, 3.63) is 18.5 Å². The van der Waals surface area contributed by atoms with Crippen LogP contribution >= 0.6 is 0 Å². The van der Waals surface area contributed by atoms with Crippen LogP contribution in [0.4, 0.5) is 10.5 Å². The van der Waals surface area contributed by atoms with Gasteiger partial charge in [0, 0.05) is 34.4 Å². The van der Waals surface area contributed by atoms with Crippen molar-refractivity contribution in [3.63, 3.8) is 0 Å². The molecule has 0 fully saturated rings. The van der Waals surface area contributed by atoms with E-state index >= 15 is 0 Å². The zero-order valence-electron chi connectivity index (χ0n) is 10.9. The number of amides is 1. The lowest BCUT2D eigenvalue weighted by Gasteiger charge is -2.02. The minimum Gasteiger partial charge on any atom is -0.504 e. The highest BCUT2D eigenvalue weighted by molar-refractivity contribution is 5.64. The molecule has 1 amide bonds. The number of aromatic nitrogens is 1. The van der Waals surface area contributed by atoms with Crippen LogP contribution in [0.25, 0.3) is 0 Å². The molecule has 0 aliphatic carbocycles. The maximum absolute atomic E-state index is 9.62. The van der Waals surface area contributed by atoms with Gasteiger partial charge in [-0.05, 0) is 6.07 Å². The van der Waals surface area contributed by atoms with E-state index in [1.165, 1.54) is 20.3 Å². The molecule has 7 heteroatoms. The minimum atomic E-state index is -0.907. The number of aromatic hydroxyl groups is 1. The Kier molecular flexibility index (Phi) is 6.87. The molecule has 0 radical (unpaired) electrons. The van der Waals surface area contributed by atoms with Crippen molar-refractivity contribution in [2.24, 2.45) is 4.99 Å². The van der Waals surface area contributed by atoms with Crippen LogP contribution in [0, 0.1) is 0 Å². The predicted molar refractivity (Wildman–Crippen MR) is 69.5 cm³/mol. The van der Waals surface area contributed by atoms with E-state index < -0.39 is 6.09 Å². The molecule has 0 aliphatic heterocycles. The number of nitrogens with zero attached hydrogens (tertiary/aromatic N) is 4. The van der Waals surface area contributed by atoms with E-state index in [0.29, 0.717) is 5.69 Å². The van der Waals surface area contributed by atoms with Crippen molar-refractivity contribution >= 4 is 18.1 Å². The molecule has 0 spiro atoms. The van der Waals surface area contributed by atoms with Crippen LogP contribution in [0.5, 0.6) is 5.75 Å². The summed E-state index contributed by atoms with van der Waals surface area (Å²) in [7, 11) is 6.67. The molecule has 18 heavy (non-hydrogen) atoms. The van der Waals surface area contributed by atoms with Crippen LogP contribution in [-0.4, -0.2) is 65.6 Å². The van der Waals surface area contributed by atoms with E-state index in [2.05, 4.69) is 9.98 Å². The molecule has 1 rings (SSSR count). The fourth-order valence-electron chi connectivity index (χ4n) is 0.666. The molecule has 0 aliphatic rings. The number of hydrogen-bond acceptors (Lipinski definition) is 4. The molecule has 0 saturated heterocycles. The molecule has 0 bridgehead atoms. The zero-order valence-corrected chi connectivity index (χ0v) is 10.9. The van der Waals surface area contributed by atoms with E-state index in [9.17, 15) is 9.90 Å². The first-order valence-corrected chi connectivity index (χ1v) is 5.08. The van der Waals surface area contributed by atoms with Crippen molar-refractivity contribution in [1.29, 1.82) is 0 Å². The highest BCUT2D eigenvalue weighted by Crippen LogP contribution is 2.22. The smallest absolute Gasteiger partial charge is 0.406 e. The number of pyridine rings is 1. The van der Waals surface area contributed by atoms with Crippen molar-refractivity contribution < 1.29 is 15.0 Å². The highest BCUT2D eigenvalue weighted by atomic mass is 16.4. The van der Waals surface area contributed by atoms with Gasteiger partial charge in [0.15, 0.2) is 5.75 Å². The second kappa shape index (κ2) is 7.88. The average Bonchev–Trinajstić information content (AvgIpc) is 2.28. The molecular weight excluding hydrogens is 236 g/mol. The van der Waals surface area contributed by atoms with Crippen LogP contribution < -0.4 is 0 Å². The molecule has 100 valence electrons. The molecule has 0 aromatic carbocycles. The molecule has 0 unspecified atom stereocenters. The standard InChI is InChI=1S/C8H11N3O.C3H7NO2/c1-11(2)6-10-7-3-4-9-5-8(7)12;1-4(2)3(5)6/h3-6,12H,1-2H3;1-2H3,(H,5,6)/b10-6+;. The summed E-state index contributed by atoms with van der Waals surface area (Å²) in [4.78, 5) is 20.3. The van der Waals surface area contributed by atoms with E-state index in [-0.39, 0.29) is 5.75 Å². The van der Waals surface area contributed by atoms with Gasteiger partial charge in [-0.15, -0.1) is 0 Å². The fourth-order valence-corrected chi connectivity index (χ4v) is 0.666. The number of aliphatic imine (C=N–C) groups is 1. The Morgan fingerprint density at radius 3 is 2.33 bits per heavy atom.